The highest BCUT2D eigenvalue weighted by Crippen LogP contribution is 2.35. The Kier molecular flexibility index (Phi) is 6.97. The lowest BCUT2D eigenvalue weighted by atomic mass is 9.78. The quantitative estimate of drug-likeness (QED) is 0.587. The molecule has 4 amide bonds. The van der Waals surface area contributed by atoms with Gasteiger partial charge >= 0.3 is 0 Å². The fourth-order valence-electron chi connectivity index (χ4n) is 6.61. The van der Waals surface area contributed by atoms with E-state index in [-0.39, 0.29) is 36.3 Å². The van der Waals surface area contributed by atoms with E-state index < -0.39 is 23.6 Å². The number of nitrogens with one attached hydrogen (secondary N) is 1. The third-order valence-electron chi connectivity index (χ3n) is 8.88. The maximum absolute atomic E-state index is 14.1. The number of likely N-dealkylation sites (tertiary alicyclic amines) is 1. The molecule has 0 saturated carbocycles. The fourth-order valence-corrected chi connectivity index (χ4v) is 6.61. The molecule has 6 rings (SSSR count). The topological polar surface area (TPSA) is 103 Å². The lowest BCUT2D eigenvalue weighted by Crippen LogP contribution is -2.52. The van der Waals surface area contributed by atoms with E-state index in [0.29, 0.717) is 42.6 Å². The van der Waals surface area contributed by atoms with Crippen molar-refractivity contribution in [1.29, 1.82) is 0 Å². The molecule has 3 fully saturated rings. The first kappa shape index (κ1) is 26.3. The zero-order valence-corrected chi connectivity index (χ0v) is 22.1. The number of carbonyl (C=O) groups is 4. The van der Waals surface area contributed by atoms with Crippen LogP contribution in [0.1, 0.15) is 64.9 Å². The Morgan fingerprint density at radius 3 is 2.27 bits per heavy atom. The van der Waals surface area contributed by atoms with Crippen molar-refractivity contribution in [2.45, 2.75) is 51.1 Å². The van der Waals surface area contributed by atoms with Crippen molar-refractivity contribution in [3.05, 3.63) is 58.8 Å². The molecule has 40 heavy (non-hydrogen) atoms. The maximum atomic E-state index is 14.1. The van der Waals surface area contributed by atoms with Gasteiger partial charge in [-0.1, -0.05) is 0 Å². The van der Waals surface area contributed by atoms with Gasteiger partial charge in [0.2, 0.25) is 11.8 Å². The van der Waals surface area contributed by atoms with Crippen LogP contribution in [0, 0.1) is 23.5 Å². The van der Waals surface area contributed by atoms with Crippen molar-refractivity contribution in [2.75, 3.05) is 31.1 Å². The van der Waals surface area contributed by atoms with Crippen LogP contribution >= 0.6 is 0 Å². The number of amides is 4. The molecule has 0 bridgehead atoms. The normalized spacial score (nSPS) is 22.5. The summed E-state index contributed by atoms with van der Waals surface area (Å²) in [5, 5.41) is 2.32. The molecule has 1 N–H and O–H groups in total. The van der Waals surface area contributed by atoms with Crippen LogP contribution in [0.4, 0.5) is 14.6 Å². The molecule has 9 nitrogen and oxygen atoms in total. The summed E-state index contributed by atoms with van der Waals surface area (Å²) in [4.78, 5) is 59.7. The lowest BCUT2D eigenvalue weighted by molar-refractivity contribution is -0.136. The number of pyridine rings is 1. The SMILES string of the molecule is O=C1CCC(N2Cc3nc(N4CCC(C5CCN(C(=O)c6ccc(F)cc6F)CC5)CC4)ccc3C2=O)C(=O)N1. The summed E-state index contributed by atoms with van der Waals surface area (Å²) in [6.45, 7) is 3.04. The van der Waals surface area contributed by atoms with E-state index >= 15 is 0 Å². The molecule has 1 unspecified atom stereocenters. The molecule has 3 saturated heterocycles. The molecule has 11 heteroatoms. The molecule has 0 radical (unpaired) electrons. The van der Waals surface area contributed by atoms with Crippen LogP contribution in [0.15, 0.2) is 30.3 Å². The summed E-state index contributed by atoms with van der Waals surface area (Å²) in [5.41, 5.74) is 1.08. The van der Waals surface area contributed by atoms with Gasteiger partial charge in [0.15, 0.2) is 0 Å². The predicted molar refractivity (Wildman–Crippen MR) is 140 cm³/mol. The summed E-state index contributed by atoms with van der Waals surface area (Å²) >= 11 is 0. The summed E-state index contributed by atoms with van der Waals surface area (Å²) in [5.74, 6) is -1.06. The molecular formula is C29H31F2N5O4. The zero-order chi connectivity index (χ0) is 28.0. The lowest BCUT2D eigenvalue weighted by Gasteiger charge is -2.40. The molecule has 0 spiro atoms. The van der Waals surface area contributed by atoms with Gasteiger partial charge in [-0.05, 0) is 68.2 Å². The number of fused-ring (bicyclic) bond motifs is 1. The Morgan fingerprint density at radius 2 is 1.60 bits per heavy atom. The zero-order valence-electron chi connectivity index (χ0n) is 22.1. The molecule has 4 aliphatic heterocycles. The van der Waals surface area contributed by atoms with Crippen LogP contribution < -0.4 is 10.2 Å². The molecule has 0 aliphatic carbocycles. The largest absolute Gasteiger partial charge is 0.357 e. The first-order chi connectivity index (χ1) is 19.3. The first-order valence-electron chi connectivity index (χ1n) is 13.9. The highest BCUT2D eigenvalue weighted by Gasteiger charge is 2.40. The second-order valence-corrected chi connectivity index (χ2v) is 11.1. The molecule has 210 valence electrons. The molecule has 1 atom stereocenters. The molecule has 4 aliphatic rings. The summed E-state index contributed by atoms with van der Waals surface area (Å²) < 4.78 is 27.3. The van der Waals surface area contributed by atoms with Gasteiger partial charge in [-0.3, -0.25) is 24.5 Å². The van der Waals surface area contributed by atoms with Gasteiger partial charge in [-0.15, -0.1) is 0 Å². The van der Waals surface area contributed by atoms with Gasteiger partial charge in [0.25, 0.3) is 11.8 Å². The maximum Gasteiger partial charge on any atom is 0.256 e. The number of hydrogen-bond acceptors (Lipinski definition) is 6. The standard InChI is InChI=1S/C29H31F2N5O4/c30-19-1-2-20(22(31)15-19)28(39)35-13-9-18(10-14-35)17-7-11-34(12-8-17)25-5-3-21-23(32-25)16-36(29(21)40)24-4-6-26(37)33-27(24)38/h1-3,5,15,17-18,24H,4,6-14,16H2,(H,33,37,38). The Morgan fingerprint density at radius 1 is 0.900 bits per heavy atom. The number of anilines is 1. The number of hydrogen-bond donors (Lipinski definition) is 1. The number of piperidine rings is 3. The van der Waals surface area contributed by atoms with Crippen LogP contribution in [0.2, 0.25) is 0 Å². The molecule has 1 aromatic carbocycles. The second kappa shape index (κ2) is 10.6. The third-order valence-corrected chi connectivity index (χ3v) is 8.88. The van der Waals surface area contributed by atoms with Crippen LogP contribution in [-0.2, 0) is 16.1 Å². The minimum absolute atomic E-state index is 0.0862. The van der Waals surface area contributed by atoms with E-state index in [2.05, 4.69) is 10.2 Å². The molecule has 1 aromatic heterocycles. The monoisotopic (exact) mass is 551 g/mol. The number of rotatable bonds is 4. The molecular weight excluding hydrogens is 520 g/mol. The number of aromatic nitrogens is 1. The molecule has 5 heterocycles. The second-order valence-electron chi connectivity index (χ2n) is 11.1. The van der Waals surface area contributed by atoms with Gasteiger partial charge in [-0.25, -0.2) is 13.8 Å². The minimum atomic E-state index is -0.826. The van der Waals surface area contributed by atoms with Gasteiger partial charge < -0.3 is 14.7 Å². The number of benzene rings is 1. The van der Waals surface area contributed by atoms with Crippen LogP contribution in [-0.4, -0.2) is 70.6 Å². The highest BCUT2D eigenvalue weighted by atomic mass is 19.1. The summed E-state index contributed by atoms with van der Waals surface area (Å²) in [7, 11) is 0. The van der Waals surface area contributed by atoms with E-state index in [0.717, 1.165) is 56.7 Å². The highest BCUT2D eigenvalue weighted by molar-refractivity contribution is 6.05. The van der Waals surface area contributed by atoms with E-state index in [1.807, 2.05) is 6.07 Å². The number of nitrogens with zero attached hydrogens (tertiary/aromatic N) is 4. The van der Waals surface area contributed by atoms with Crippen molar-refractivity contribution >= 4 is 29.4 Å². The van der Waals surface area contributed by atoms with Crippen LogP contribution in [0.25, 0.3) is 0 Å². The number of halogens is 2. The van der Waals surface area contributed by atoms with E-state index in [9.17, 15) is 28.0 Å². The minimum Gasteiger partial charge on any atom is -0.357 e. The van der Waals surface area contributed by atoms with Crippen molar-refractivity contribution in [3.8, 4) is 0 Å². The van der Waals surface area contributed by atoms with Crippen LogP contribution in [0.3, 0.4) is 0 Å². The Balaban J connectivity index is 1.02. The third kappa shape index (κ3) is 4.93. The first-order valence-corrected chi connectivity index (χ1v) is 13.9. The Bertz CT molecular complexity index is 1370. The average molecular weight is 552 g/mol. The van der Waals surface area contributed by atoms with Gasteiger partial charge in [0.05, 0.1) is 23.4 Å². The van der Waals surface area contributed by atoms with Crippen LogP contribution in [0.5, 0.6) is 0 Å². The number of carbonyl (C=O) groups excluding carboxylic acids is 4. The summed E-state index contributed by atoms with van der Waals surface area (Å²) in [6.07, 6.45) is 4.23. The van der Waals surface area contributed by atoms with Crippen molar-refractivity contribution in [3.63, 3.8) is 0 Å². The predicted octanol–water partition coefficient (Wildman–Crippen LogP) is 2.89. The fraction of sp³-hybridized carbons (Fsp3) is 0.483. The van der Waals surface area contributed by atoms with E-state index in [1.54, 1.807) is 11.0 Å². The number of imide groups is 1. The van der Waals surface area contributed by atoms with Gasteiger partial charge in [0.1, 0.15) is 23.5 Å². The Hall–Kier alpha value is -3.89. The average Bonchev–Trinajstić information content (AvgIpc) is 3.28. The van der Waals surface area contributed by atoms with E-state index in [1.165, 1.54) is 11.0 Å². The van der Waals surface area contributed by atoms with Gasteiger partial charge in [-0.2, -0.15) is 0 Å². The van der Waals surface area contributed by atoms with Crippen molar-refractivity contribution in [2.24, 2.45) is 11.8 Å². The smallest absolute Gasteiger partial charge is 0.256 e. The van der Waals surface area contributed by atoms with E-state index in [4.69, 9.17) is 4.98 Å². The Labute approximate surface area is 230 Å². The van der Waals surface area contributed by atoms with Gasteiger partial charge in [0, 0.05) is 38.7 Å². The molecule has 2 aromatic rings. The van der Waals surface area contributed by atoms with Crippen molar-refractivity contribution in [1.82, 2.24) is 20.1 Å². The van der Waals surface area contributed by atoms with Crippen molar-refractivity contribution < 1.29 is 28.0 Å². The summed E-state index contributed by atoms with van der Waals surface area (Å²) in [6, 6.07) is 6.06.